The van der Waals surface area contributed by atoms with Crippen LogP contribution >= 0.6 is 0 Å². The van der Waals surface area contributed by atoms with Gasteiger partial charge in [-0.15, -0.1) is 10.2 Å². The highest BCUT2D eigenvalue weighted by Gasteiger charge is 2.00. The van der Waals surface area contributed by atoms with Crippen molar-refractivity contribution in [1.29, 1.82) is 0 Å². The summed E-state index contributed by atoms with van der Waals surface area (Å²) >= 11 is 0. The van der Waals surface area contributed by atoms with Crippen molar-refractivity contribution in [3.05, 3.63) is 29.8 Å². The first-order valence-electron chi connectivity index (χ1n) is 3.97. The van der Waals surface area contributed by atoms with Gasteiger partial charge in [0.1, 0.15) is 0 Å². The summed E-state index contributed by atoms with van der Waals surface area (Å²) in [6, 6.07) is 7.51. The van der Waals surface area contributed by atoms with Crippen LogP contribution in [0.2, 0.25) is 0 Å². The van der Waals surface area contributed by atoms with Crippen molar-refractivity contribution in [3.63, 3.8) is 0 Å². The largest absolute Gasteiger partial charge is 0.323 e. The van der Waals surface area contributed by atoms with Crippen LogP contribution in [0.5, 0.6) is 0 Å². The first-order valence-corrected chi connectivity index (χ1v) is 3.97. The van der Waals surface area contributed by atoms with Crippen LogP contribution in [0.25, 0.3) is 11.4 Å². The Hall–Kier alpha value is -2.24. The number of hydrogen-bond donors (Lipinski definition) is 2. The van der Waals surface area contributed by atoms with Crippen molar-refractivity contribution in [2.24, 2.45) is 10.9 Å². The monoisotopic (exact) mass is 188 g/mol. The van der Waals surface area contributed by atoms with E-state index in [1.807, 2.05) is 24.3 Å². The number of aromatic amines is 1. The van der Waals surface area contributed by atoms with Gasteiger partial charge in [0.25, 0.3) is 0 Å². The molecule has 0 saturated carbocycles. The maximum Gasteiger partial charge on any atom is 0.204 e. The summed E-state index contributed by atoms with van der Waals surface area (Å²) in [4.78, 5) is 0. The topological polar surface area (TPSA) is 92.8 Å². The number of nitrogens with zero attached hydrogens (tertiary/aromatic N) is 4. The number of nitrogens with one attached hydrogen (secondary N) is 1. The average Bonchev–Trinajstić information content (AvgIpc) is 2.72. The van der Waals surface area contributed by atoms with Gasteiger partial charge in [-0.2, -0.15) is 10.3 Å². The summed E-state index contributed by atoms with van der Waals surface area (Å²) in [7, 11) is 0. The van der Waals surface area contributed by atoms with Crippen LogP contribution in [0.3, 0.4) is 0 Å². The Balaban J connectivity index is 2.31. The Morgan fingerprint density at radius 1 is 1.29 bits per heavy atom. The van der Waals surface area contributed by atoms with Gasteiger partial charge in [0, 0.05) is 5.56 Å². The Kier molecular flexibility index (Phi) is 2.18. The van der Waals surface area contributed by atoms with Crippen molar-refractivity contribution in [1.82, 2.24) is 20.6 Å². The molecule has 1 aromatic carbocycles. The molecule has 0 saturated heterocycles. The lowest BCUT2D eigenvalue weighted by molar-refractivity contribution is 0.881. The predicted octanol–water partition coefficient (Wildman–Crippen LogP) is 0.159. The summed E-state index contributed by atoms with van der Waals surface area (Å²) in [5, 5.41) is 17.0. The zero-order valence-corrected chi connectivity index (χ0v) is 7.25. The third kappa shape index (κ3) is 1.58. The molecule has 0 spiro atoms. The molecule has 0 unspecified atom stereocenters. The molecule has 0 atom stereocenters. The Labute approximate surface area is 79.8 Å². The molecule has 1 aromatic heterocycles. The number of aromatic nitrogens is 4. The zero-order valence-electron chi connectivity index (χ0n) is 7.25. The van der Waals surface area contributed by atoms with Gasteiger partial charge in [-0.3, -0.25) is 0 Å². The number of tetrazole rings is 1. The second-order valence-electron chi connectivity index (χ2n) is 2.64. The molecule has 6 nitrogen and oxygen atoms in total. The van der Waals surface area contributed by atoms with Gasteiger partial charge in [-0.25, -0.2) is 0 Å². The van der Waals surface area contributed by atoms with Crippen LogP contribution in [0.1, 0.15) is 5.56 Å². The van der Waals surface area contributed by atoms with Gasteiger partial charge in [0.2, 0.25) is 5.82 Å². The highest BCUT2D eigenvalue weighted by atomic mass is 15.5. The minimum Gasteiger partial charge on any atom is -0.323 e. The predicted molar refractivity (Wildman–Crippen MR) is 51.4 cm³/mol. The standard InChI is InChI=1S/C8H8N6/c9-10-5-6-1-3-7(4-2-6)8-11-13-14-12-8/h1-5H,9H2,(H,11,12,13,14). The SMILES string of the molecule is NN=Cc1ccc(-c2nn[nH]n2)cc1. The van der Waals surface area contributed by atoms with Crippen molar-refractivity contribution >= 4 is 6.21 Å². The minimum absolute atomic E-state index is 0.571. The summed E-state index contributed by atoms with van der Waals surface area (Å²) in [6.45, 7) is 0. The fourth-order valence-electron chi connectivity index (χ4n) is 1.09. The third-order valence-electron chi connectivity index (χ3n) is 1.74. The maximum absolute atomic E-state index is 5.02. The molecule has 0 aliphatic rings. The van der Waals surface area contributed by atoms with Crippen molar-refractivity contribution in [2.75, 3.05) is 0 Å². The van der Waals surface area contributed by atoms with Crippen molar-refractivity contribution in [3.8, 4) is 11.4 Å². The van der Waals surface area contributed by atoms with E-state index in [2.05, 4.69) is 25.7 Å². The first-order chi connectivity index (χ1) is 6.90. The summed E-state index contributed by atoms with van der Waals surface area (Å²) in [5.41, 5.74) is 1.83. The molecule has 0 bridgehead atoms. The number of hydrazone groups is 1. The van der Waals surface area contributed by atoms with Crippen molar-refractivity contribution in [2.45, 2.75) is 0 Å². The molecule has 0 radical (unpaired) electrons. The van der Waals surface area contributed by atoms with Crippen LogP contribution < -0.4 is 5.84 Å². The van der Waals surface area contributed by atoms with E-state index in [0.29, 0.717) is 5.82 Å². The van der Waals surface area contributed by atoms with Crippen LogP contribution in [0.15, 0.2) is 29.4 Å². The van der Waals surface area contributed by atoms with E-state index in [0.717, 1.165) is 11.1 Å². The molecule has 0 aliphatic carbocycles. The summed E-state index contributed by atoms with van der Waals surface area (Å²) in [5.74, 6) is 5.59. The molecule has 70 valence electrons. The Morgan fingerprint density at radius 3 is 2.64 bits per heavy atom. The number of nitrogens with two attached hydrogens (primary N) is 1. The fraction of sp³-hybridized carbons (Fsp3) is 0. The number of H-pyrrole nitrogens is 1. The van der Waals surface area contributed by atoms with E-state index in [1.54, 1.807) is 6.21 Å². The molecule has 2 aromatic rings. The number of benzene rings is 1. The molecular formula is C8H8N6. The molecule has 1 heterocycles. The van der Waals surface area contributed by atoms with E-state index in [-0.39, 0.29) is 0 Å². The van der Waals surface area contributed by atoms with Crippen molar-refractivity contribution < 1.29 is 0 Å². The molecule has 3 N–H and O–H groups in total. The van der Waals surface area contributed by atoms with Crippen LogP contribution in [-0.4, -0.2) is 26.8 Å². The van der Waals surface area contributed by atoms with Gasteiger partial charge in [0.15, 0.2) is 0 Å². The minimum atomic E-state index is 0.571. The van der Waals surface area contributed by atoms with Gasteiger partial charge in [-0.1, -0.05) is 24.3 Å². The molecule has 6 heteroatoms. The third-order valence-corrected chi connectivity index (χ3v) is 1.74. The summed E-state index contributed by atoms with van der Waals surface area (Å²) < 4.78 is 0. The van der Waals surface area contributed by atoms with E-state index in [1.165, 1.54) is 0 Å². The van der Waals surface area contributed by atoms with Gasteiger partial charge in [0.05, 0.1) is 6.21 Å². The van der Waals surface area contributed by atoms with E-state index < -0.39 is 0 Å². The Bertz CT molecular complexity index is 416. The van der Waals surface area contributed by atoms with Gasteiger partial charge in [-0.05, 0) is 10.8 Å². The van der Waals surface area contributed by atoms with Gasteiger partial charge >= 0.3 is 0 Å². The lowest BCUT2D eigenvalue weighted by Gasteiger charge is -1.94. The quantitative estimate of drug-likeness (QED) is 0.399. The van der Waals surface area contributed by atoms with Crippen LogP contribution in [-0.2, 0) is 0 Å². The van der Waals surface area contributed by atoms with E-state index in [4.69, 9.17) is 5.84 Å². The first kappa shape index (κ1) is 8.36. The zero-order chi connectivity index (χ0) is 9.80. The molecule has 0 fully saturated rings. The number of hydrogen-bond acceptors (Lipinski definition) is 5. The Morgan fingerprint density at radius 2 is 2.07 bits per heavy atom. The molecule has 0 amide bonds. The number of rotatable bonds is 2. The van der Waals surface area contributed by atoms with E-state index >= 15 is 0 Å². The molecule has 14 heavy (non-hydrogen) atoms. The molecular weight excluding hydrogens is 180 g/mol. The highest BCUT2D eigenvalue weighted by Crippen LogP contribution is 2.12. The normalized spacial score (nSPS) is 10.9. The second kappa shape index (κ2) is 3.65. The maximum atomic E-state index is 5.02. The lowest BCUT2D eigenvalue weighted by atomic mass is 10.1. The smallest absolute Gasteiger partial charge is 0.204 e. The summed E-state index contributed by atoms with van der Waals surface area (Å²) in [6.07, 6.45) is 1.57. The van der Waals surface area contributed by atoms with Gasteiger partial charge < -0.3 is 5.84 Å². The van der Waals surface area contributed by atoms with Crippen LogP contribution in [0, 0.1) is 0 Å². The lowest BCUT2D eigenvalue weighted by Crippen LogP contribution is -1.87. The molecule has 0 aliphatic heterocycles. The average molecular weight is 188 g/mol. The second-order valence-corrected chi connectivity index (χ2v) is 2.64. The van der Waals surface area contributed by atoms with Crippen LogP contribution in [0.4, 0.5) is 0 Å². The highest BCUT2D eigenvalue weighted by molar-refractivity contribution is 5.80. The van der Waals surface area contributed by atoms with E-state index in [9.17, 15) is 0 Å². The fourth-order valence-corrected chi connectivity index (χ4v) is 1.09. The molecule has 2 rings (SSSR count).